The number of carbonyl (C=O) groups is 1. The van der Waals surface area contributed by atoms with Crippen molar-refractivity contribution in [3.8, 4) is 5.75 Å². The predicted molar refractivity (Wildman–Crippen MR) is 127 cm³/mol. The van der Waals surface area contributed by atoms with Gasteiger partial charge in [0.05, 0.1) is 17.6 Å². The summed E-state index contributed by atoms with van der Waals surface area (Å²) in [7, 11) is 0. The van der Waals surface area contributed by atoms with Gasteiger partial charge in [-0.3, -0.25) is 4.79 Å². The van der Waals surface area contributed by atoms with Gasteiger partial charge in [-0.25, -0.2) is 4.98 Å². The van der Waals surface area contributed by atoms with Gasteiger partial charge in [0.1, 0.15) is 11.6 Å². The third kappa shape index (κ3) is 4.01. The highest BCUT2D eigenvalue weighted by Crippen LogP contribution is 2.35. The first-order chi connectivity index (χ1) is 15.6. The molecule has 0 spiro atoms. The fourth-order valence-electron chi connectivity index (χ4n) is 5.54. The van der Waals surface area contributed by atoms with E-state index < -0.39 is 0 Å². The van der Waals surface area contributed by atoms with E-state index in [9.17, 15) is 4.79 Å². The Labute approximate surface area is 190 Å². The minimum atomic E-state index is 0.176. The SMILES string of the molecule is Cc1cccc(C)c1OCCCn1c(C2CC(=O)N(C3CCCC3)C2)nc2ccccc21. The highest BCUT2D eigenvalue weighted by Gasteiger charge is 2.38. The third-order valence-corrected chi connectivity index (χ3v) is 7.15. The first-order valence-corrected chi connectivity index (χ1v) is 12.1. The van der Waals surface area contributed by atoms with Gasteiger partial charge in [0.25, 0.3) is 0 Å². The summed E-state index contributed by atoms with van der Waals surface area (Å²) in [6.07, 6.45) is 6.29. The summed E-state index contributed by atoms with van der Waals surface area (Å²) >= 11 is 0. The van der Waals surface area contributed by atoms with E-state index in [0.29, 0.717) is 25.0 Å². The zero-order valence-corrected chi connectivity index (χ0v) is 19.2. The summed E-state index contributed by atoms with van der Waals surface area (Å²) in [4.78, 5) is 20.0. The van der Waals surface area contributed by atoms with Crippen molar-refractivity contribution in [3.63, 3.8) is 0 Å². The lowest BCUT2D eigenvalue weighted by molar-refractivity contribution is -0.129. The lowest BCUT2D eigenvalue weighted by Gasteiger charge is -2.24. The summed E-state index contributed by atoms with van der Waals surface area (Å²) in [5, 5.41) is 0. The summed E-state index contributed by atoms with van der Waals surface area (Å²) in [6.45, 7) is 6.50. The second kappa shape index (κ2) is 8.97. The Bertz CT molecular complexity index is 1090. The van der Waals surface area contributed by atoms with Crippen LogP contribution in [0.4, 0.5) is 0 Å². The highest BCUT2D eigenvalue weighted by atomic mass is 16.5. The van der Waals surface area contributed by atoms with Gasteiger partial charge in [-0.1, -0.05) is 43.2 Å². The molecule has 1 aliphatic carbocycles. The first kappa shape index (κ1) is 21.0. The number of benzene rings is 2. The number of hydrogen-bond acceptors (Lipinski definition) is 3. The Kier molecular flexibility index (Phi) is 5.90. The van der Waals surface area contributed by atoms with Gasteiger partial charge in [-0.05, 0) is 56.4 Å². The molecule has 2 fully saturated rings. The Morgan fingerprint density at radius 1 is 1.03 bits per heavy atom. The molecule has 5 heteroatoms. The van der Waals surface area contributed by atoms with Crippen molar-refractivity contribution in [2.75, 3.05) is 13.2 Å². The fraction of sp³-hybridized carbons (Fsp3) is 0.481. The van der Waals surface area contributed by atoms with Crippen molar-refractivity contribution >= 4 is 16.9 Å². The maximum Gasteiger partial charge on any atom is 0.223 e. The average Bonchev–Trinajstić information content (AvgIpc) is 3.51. The lowest BCUT2D eigenvalue weighted by Crippen LogP contribution is -2.34. The number of rotatable bonds is 7. The number of aryl methyl sites for hydroxylation is 3. The Morgan fingerprint density at radius 2 is 1.78 bits per heavy atom. The number of para-hydroxylation sites is 3. The van der Waals surface area contributed by atoms with E-state index in [4.69, 9.17) is 9.72 Å². The number of hydrogen-bond donors (Lipinski definition) is 0. The summed E-state index contributed by atoms with van der Waals surface area (Å²) < 4.78 is 8.48. The second-order valence-corrected chi connectivity index (χ2v) is 9.42. The van der Waals surface area contributed by atoms with E-state index in [-0.39, 0.29) is 5.92 Å². The first-order valence-electron chi connectivity index (χ1n) is 12.1. The van der Waals surface area contributed by atoms with Crippen molar-refractivity contribution in [2.24, 2.45) is 0 Å². The summed E-state index contributed by atoms with van der Waals surface area (Å²) in [5.74, 6) is 2.54. The van der Waals surface area contributed by atoms with Gasteiger partial charge in [0, 0.05) is 31.5 Å². The van der Waals surface area contributed by atoms with Crippen molar-refractivity contribution in [1.29, 1.82) is 0 Å². The molecule has 1 aromatic heterocycles. The molecular formula is C27H33N3O2. The molecule has 1 unspecified atom stereocenters. The van der Waals surface area contributed by atoms with Crippen LogP contribution in [0, 0.1) is 13.8 Å². The predicted octanol–water partition coefficient (Wildman–Crippen LogP) is 5.38. The third-order valence-electron chi connectivity index (χ3n) is 7.15. The van der Waals surface area contributed by atoms with E-state index in [0.717, 1.165) is 55.0 Å². The number of ether oxygens (including phenoxy) is 1. The van der Waals surface area contributed by atoms with E-state index >= 15 is 0 Å². The van der Waals surface area contributed by atoms with Crippen molar-refractivity contribution < 1.29 is 9.53 Å². The summed E-state index contributed by atoms with van der Waals surface area (Å²) in [5.41, 5.74) is 4.52. The van der Waals surface area contributed by atoms with Crippen LogP contribution in [0.3, 0.4) is 0 Å². The molecule has 2 heterocycles. The molecule has 1 saturated carbocycles. The molecule has 2 aliphatic rings. The van der Waals surface area contributed by atoms with Crippen LogP contribution < -0.4 is 4.74 Å². The molecular weight excluding hydrogens is 398 g/mol. The maximum atomic E-state index is 12.8. The van der Waals surface area contributed by atoms with E-state index in [1.54, 1.807) is 0 Å². The van der Waals surface area contributed by atoms with Crippen LogP contribution in [0.1, 0.15) is 61.4 Å². The molecule has 1 saturated heterocycles. The number of amides is 1. The van der Waals surface area contributed by atoms with Crippen LogP contribution in [-0.4, -0.2) is 39.6 Å². The number of likely N-dealkylation sites (tertiary alicyclic amines) is 1. The smallest absolute Gasteiger partial charge is 0.223 e. The van der Waals surface area contributed by atoms with Gasteiger partial charge in [0.2, 0.25) is 5.91 Å². The molecule has 32 heavy (non-hydrogen) atoms. The number of carbonyl (C=O) groups excluding carboxylic acids is 1. The van der Waals surface area contributed by atoms with Gasteiger partial charge >= 0.3 is 0 Å². The Balaban J connectivity index is 1.33. The molecule has 0 radical (unpaired) electrons. The normalized spacial score (nSPS) is 19.4. The number of nitrogens with zero attached hydrogens (tertiary/aromatic N) is 3. The fourth-order valence-corrected chi connectivity index (χ4v) is 5.54. The van der Waals surface area contributed by atoms with Gasteiger partial charge < -0.3 is 14.2 Å². The quantitative estimate of drug-likeness (QED) is 0.472. The topological polar surface area (TPSA) is 47.4 Å². The largest absolute Gasteiger partial charge is 0.493 e. The highest BCUT2D eigenvalue weighted by molar-refractivity contribution is 5.81. The Hall–Kier alpha value is -2.82. The molecule has 1 amide bonds. The standard InChI is InChI=1S/C27H33N3O2/c1-19-9-7-10-20(2)26(19)32-16-8-15-29-24-14-6-5-13-23(24)28-27(29)21-17-25(31)30(18-21)22-11-3-4-12-22/h5-7,9-10,13-14,21-22H,3-4,8,11-12,15-18H2,1-2H3. The number of imidazole rings is 1. The van der Waals surface area contributed by atoms with Crippen molar-refractivity contribution in [3.05, 3.63) is 59.4 Å². The lowest BCUT2D eigenvalue weighted by atomic mass is 10.1. The molecule has 3 aromatic rings. The van der Waals surface area contributed by atoms with Crippen molar-refractivity contribution in [2.45, 2.75) is 70.9 Å². The van der Waals surface area contributed by atoms with Crippen LogP contribution in [-0.2, 0) is 11.3 Å². The zero-order chi connectivity index (χ0) is 22.1. The molecule has 1 atom stereocenters. The van der Waals surface area contributed by atoms with E-state index in [1.807, 2.05) is 6.07 Å². The van der Waals surface area contributed by atoms with Crippen LogP contribution in [0.2, 0.25) is 0 Å². The Morgan fingerprint density at radius 3 is 2.56 bits per heavy atom. The van der Waals surface area contributed by atoms with Crippen LogP contribution in [0.25, 0.3) is 11.0 Å². The monoisotopic (exact) mass is 431 g/mol. The van der Waals surface area contributed by atoms with Gasteiger partial charge in [-0.2, -0.15) is 0 Å². The molecule has 5 rings (SSSR count). The molecule has 0 N–H and O–H groups in total. The van der Waals surface area contributed by atoms with Crippen LogP contribution >= 0.6 is 0 Å². The number of fused-ring (bicyclic) bond motifs is 1. The molecule has 0 bridgehead atoms. The van der Waals surface area contributed by atoms with Crippen LogP contribution in [0.5, 0.6) is 5.75 Å². The van der Waals surface area contributed by atoms with Gasteiger partial charge in [0.15, 0.2) is 0 Å². The van der Waals surface area contributed by atoms with E-state index in [1.165, 1.54) is 24.0 Å². The molecule has 1 aliphatic heterocycles. The molecule has 168 valence electrons. The molecule has 2 aromatic carbocycles. The van der Waals surface area contributed by atoms with Crippen molar-refractivity contribution in [1.82, 2.24) is 14.5 Å². The number of aromatic nitrogens is 2. The van der Waals surface area contributed by atoms with Gasteiger partial charge in [-0.15, -0.1) is 0 Å². The average molecular weight is 432 g/mol. The summed E-state index contributed by atoms with van der Waals surface area (Å²) in [6, 6.07) is 15.0. The van der Waals surface area contributed by atoms with Crippen LogP contribution in [0.15, 0.2) is 42.5 Å². The minimum absolute atomic E-state index is 0.176. The zero-order valence-electron chi connectivity index (χ0n) is 19.2. The second-order valence-electron chi connectivity index (χ2n) is 9.42. The molecule has 5 nitrogen and oxygen atoms in total. The van der Waals surface area contributed by atoms with E-state index in [2.05, 4.69) is 59.7 Å². The maximum absolute atomic E-state index is 12.8. The minimum Gasteiger partial charge on any atom is -0.493 e.